The van der Waals surface area contributed by atoms with E-state index in [1.807, 2.05) is 4.98 Å². The zero-order chi connectivity index (χ0) is 16.2. The molecule has 11 heteroatoms. The van der Waals surface area contributed by atoms with Gasteiger partial charge >= 0.3 is 11.4 Å². The van der Waals surface area contributed by atoms with Gasteiger partial charge in [-0.05, 0) is 0 Å². The van der Waals surface area contributed by atoms with E-state index in [0.717, 1.165) is 9.13 Å². The maximum atomic E-state index is 12.1. The zero-order valence-corrected chi connectivity index (χ0v) is 11.4. The summed E-state index contributed by atoms with van der Waals surface area (Å²) in [4.78, 5) is 39.8. The van der Waals surface area contributed by atoms with Gasteiger partial charge in [-0.15, -0.1) is 0 Å². The number of rotatable bonds is 2. The van der Waals surface area contributed by atoms with E-state index in [2.05, 4.69) is 4.98 Å². The summed E-state index contributed by atoms with van der Waals surface area (Å²) in [6.45, 7) is -0.564. The minimum Gasteiger partial charge on any atom is -0.394 e. The second-order valence-corrected chi connectivity index (χ2v) is 5.05. The van der Waals surface area contributed by atoms with Gasteiger partial charge in [0.25, 0.3) is 5.56 Å². The number of aryl methyl sites for hydroxylation is 1. The van der Waals surface area contributed by atoms with Gasteiger partial charge in [0.2, 0.25) is 0 Å². The fraction of sp³-hybridized carbons (Fsp3) is 0.545. The number of H-pyrrole nitrogens is 2. The molecule has 0 aliphatic carbocycles. The molecule has 0 aromatic carbocycles. The Morgan fingerprint density at radius 3 is 2.41 bits per heavy atom. The predicted molar refractivity (Wildman–Crippen MR) is 71.4 cm³/mol. The van der Waals surface area contributed by atoms with Gasteiger partial charge in [0.1, 0.15) is 18.3 Å². The van der Waals surface area contributed by atoms with E-state index < -0.39 is 48.1 Å². The molecular formula is C11H14N4O7. The van der Waals surface area contributed by atoms with Crippen LogP contribution in [0.15, 0.2) is 14.4 Å². The second kappa shape index (κ2) is 4.91. The van der Waals surface area contributed by atoms with Crippen molar-refractivity contribution in [2.75, 3.05) is 6.61 Å². The van der Waals surface area contributed by atoms with Crippen molar-refractivity contribution in [1.29, 1.82) is 0 Å². The van der Waals surface area contributed by atoms with Crippen LogP contribution in [0.1, 0.15) is 6.23 Å². The number of aliphatic hydroxyl groups is 3. The van der Waals surface area contributed by atoms with E-state index >= 15 is 0 Å². The number of aromatic amines is 2. The monoisotopic (exact) mass is 314 g/mol. The maximum Gasteiger partial charge on any atom is 0.330 e. The molecule has 1 aliphatic heterocycles. The van der Waals surface area contributed by atoms with Gasteiger partial charge in [0.15, 0.2) is 17.4 Å². The standard InChI is InChI=1S/C11H14N4O7/c1-14-8-4(7(19)13-10(14)20)12-11(21)15(8)9-6(18)5(17)3(2-16)22-9/h3,5-6,9,16-18H,2H2,1H3,(H,12,21)(H,13,19,20)/t3-,5-,6-,9-/m1/s1. The van der Waals surface area contributed by atoms with E-state index in [0.29, 0.717) is 0 Å². The molecule has 0 radical (unpaired) electrons. The molecule has 1 aliphatic rings. The van der Waals surface area contributed by atoms with Crippen LogP contribution in [-0.2, 0) is 11.8 Å². The normalized spacial score (nSPS) is 28.5. The summed E-state index contributed by atoms with van der Waals surface area (Å²) in [5, 5.41) is 28.9. The number of imidazole rings is 1. The van der Waals surface area contributed by atoms with Crippen LogP contribution in [0.3, 0.4) is 0 Å². The molecule has 3 rings (SSSR count). The molecule has 0 spiro atoms. The first-order valence-electron chi connectivity index (χ1n) is 6.42. The van der Waals surface area contributed by atoms with Gasteiger partial charge in [0, 0.05) is 7.05 Å². The van der Waals surface area contributed by atoms with Crippen molar-refractivity contribution in [3.63, 3.8) is 0 Å². The molecule has 11 nitrogen and oxygen atoms in total. The summed E-state index contributed by atoms with van der Waals surface area (Å²) in [6, 6.07) is 0. The van der Waals surface area contributed by atoms with Gasteiger partial charge in [-0.1, -0.05) is 0 Å². The van der Waals surface area contributed by atoms with Gasteiger partial charge in [-0.3, -0.25) is 19.3 Å². The highest BCUT2D eigenvalue weighted by Crippen LogP contribution is 2.29. The Morgan fingerprint density at radius 2 is 1.82 bits per heavy atom. The van der Waals surface area contributed by atoms with E-state index in [1.54, 1.807) is 0 Å². The van der Waals surface area contributed by atoms with E-state index in [4.69, 9.17) is 9.84 Å². The SMILES string of the molecule is Cn1c(=O)[nH]c(=O)c2[nH]c(=O)n([C@@H]3O[C@H](CO)[C@@H](O)[C@H]3O)c21. The number of fused-ring (bicyclic) bond motifs is 1. The average molecular weight is 314 g/mol. The lowest BCUT2D eigenvalue weighted by Gasteiger charge is -2.16. The Kier molecular flexibility index (Phi) is 3.29. The lowest BCUT2D eigenvalue weighted by molar-refractivity contribution is -0.0526. The molecule has 2 aromatic rings. The van der Waals surface area contributed by atoms with Crippen LogP contribution >= 0.6 is 0 Å². The fourth-order valence-electron chi connectivity index (χ4n) is 2.60. The zero-order valence-electron chi connectivity index (χ0n) is 11.4. The molecule has 0 unspecified atom stereocenters. The molecule has 2 aromatic heterocycles. The molecular weight excluding hydrogens is 300 g/mol. The highest BCUT2D eigenvalue weighted by atomic mass is 16.6. The smallest absolute Gasteiger partial charge is 0.330 e. The topological polar surface area (TPSA) is 163 Å². The number of aliphatic hydroxyl groups excluding tert-OH is 3. The van der Waals surface area contributed by atoms with Crippen LogP contribution in [-0.4, -0.2) is 59.3 Å². The number of hydrogen-bond donors (Lipinski definition) is 5. The highest BCUT2D eigenvalue weighted by molar-refractivity contribution is 5.69. The van der Waals surface area contributed by atoms with Crippen molar-refractivity contribution in [3.05, 3.63) is 31.3 Å². The average Bonchev–Trinajstić information content (AvgIpc) is 2.96. The van der Waals surface area contributed by atoms with Crippen LogP contribution in [0.2, 0.25) is 0 Å². The predicted octanol–water partition coefficient (Wildman–Crippen LogP) is -3.67. The fourth-order valence-corrected chi connectivity index (χ4v) is 2.60. The number of nitrogens with one attached hydrogen (secondary N) is 2. The lowest BCUT2D eigenvalue weighted by atomic mass is 10.1. The second-order valence-electron chi connectivity index (χ2n) is 5.05. The van der Waals surface area contributed by atoms with Crippen LogP contribution in [0.4, 0.5) is 0 Å². The first-order chi connectivity index (χ1) is 10.4. The Morgan fingerprint density at radius 1 is 1.14 bits per heavy atom. The Balaban J connectivity index is 2.29. The van der Waals surface area contributed by atoms with E-state index in [1.165, 1.54) is 7.05 Å². The summed E-state index contributed by atoms with van der Waals surface area (Å²) in [5.41, 5.74) is -2.59. The molecule has 5 N–H and O–H groups in total. The van der Waals surface area contributed by atoms with Crippen LogP contribution in [0.5, 0.6) is 0 Å². The summed E-state index contributed by atoms with van der Waals surface area (Å²) < 4.78 is 7.14. The summed E-state index contributed by atoms with van der Waals surface area (Å²) in [5.74, 6) is 0. The molecule has 0 saturated carbocycles. The van der Waals surface area contributed by atoms with Crippen molar-refractivity contribution in [3.8, 4) is 0 Å². The molecule has 3 heterocycles. The Hall–Kier alpha value is -2.21. The van der Waals surface area contributed by atoms with E-state index in [-0.39, 0.29) is 11.2 Å². The number of ether oxygens (including phenoxy) is 1. The first kappa shape index (κ1) is 14.7. The quantitative estimate of drug-likeness (QED) is 0.381. The number of aromatic nitrogens is 4. The van der Waals surface area contributed by atoms with Crippen LogP contribution < -0.4 is 16.9 Å². The van der Waals surface area contributed by atoms with Crippen LogP contribution in [0.25, 0.3) is 11.2 Å². The molecule has 22 heavy (non-hydrogen) atoms. The third kappa shape index (κ3) is 1.87. The number of nitrogens with zero attached hydrogens (tertiary/aromatic N) is 2. The molecule has 0 amide bonds. The minimum atomic E-state index is -1.51. The maximum absolute atomic E-state index is 12.1. The number of hydrogen-bond acceptors (Lipinski definition) is 7. The van der Waals surface area contributed by atoms with Crippen molar-refractivity contribution >= 4 is 11.2 Å². The van der Waals surface area contributed by atoms with Crippen molar-refractivity contribution in [2.24, 2.45) is 7.05 Å². The summed E-state index contributed by atoms with van der Waals surface area (Å²) in [7, 11) is 1.33. The van der Waals surface area contributed by atoms with Gasteiger partial charge < -0.3 is 20.1 Å². The molecule has 0 bridgehead atoms. The molecule has 1 fully saturated rings. The molecule has 4 atom stereocenters. The lowest BCUT2D eigenvalue weighted by Crippen LogP contribution is -2.36. The summed E-state index contributed by atoms with van der Waals surface area (Å²) >= 11 is 0. The molecule has 1 saturated heterocycles. The van der Waals surface area contributed by atoms with Crippen molar-refractivity contribution < 1.29 is 20.1 Å². The third-order valence-corrected chi connectivity index (χ3v) is 3.74. The largest absolute Gasteiger partial charge is 0.394 e. The van der Waals surface area contributed by atoms with Gasteiger partial charge in [-0.25, -0.2) is 14.2 Å². The highest BCUT2D eigenvalue weighted by Gasteiger charge is 2.44. The first-order valence-corrected chi connectivity index (χ1v) is 6.42. The Labute approximate surface area is 121 Å². The molecule has 120 valence electrons. The van der Waals surface area contributed by atoms with E-state index in [9.17, 15) is 24.6 Å². The summed E-state index contributed by atoms with van der Waals surface area (Å²) in [6.07, 6.45) is -5.36. The van der Waals surface area contributed by atoms with Crippen LogP contribution in [0, 0.1) is 0 Å². The minimum absolute atomic E-state index is 0.0893. The van der Waals surface area contributed by atoms with Gasteiger partial charge in [0.05, 0.1) is 6.61 Å². The third-order valence-electron chi connectivity index (χ3n) is 3.74. The van der Waals surface area contributed by atoms with Crippen molar-refractivity contribution in [2.45, 2.75) is 24.5 Å². The Bertz CT molecular complexity index is 890. The van der Waals surface area contributed by atoms with Gasteiger partial charge in [-0.2, -0.15) is 0 Å². The van der Waals surface area contributed by atoms with Crippen molar-refractivity contribution in [1.82, 2.24) is 19.1 Å².